The standard InChI is InChI=1S/C6H8OSi/c1-7-8-5-3-2-4-6-8/h2-6H,1H3. The molecule has 0 unspecified atom stereocenters. The maximum Gasteiger partial charge on any atom is 0.260 e. The van der Waals surface area contributed by atoms with E-state index in [-0.39, 0.29) is 0 Å². The van der Waals surface area contributed by atoms with Gasteiger partial charge in [0.15, 0.2) is 0 Å². The second kappa shape index (κ2) is 2.62. The summed E-state index contributed by atoms with van der Waals surface area (Å²) in [6.45, 7) is 0. The van der Waals surface area contributed by atoms with E-state index in [1.165, 1.54) is 0 Å². The highest BCUT2D eigenvalue weighted by atomic mass is 28.3. The maximum atomic E-state index is 5.10. The van der Waals surface area contributed by atoms with Crippen molar-refractivity contribution in [3.63, 3.8) is 0 Å². The molecule has 0 N–H and O–H groups in total. The molecular formula is C6H8OSi. The summed E-state index contributed by atoms with van der Waals surface area (Å²) in [5.74, 6) is 0. The van der Waals surface area contributed by atoms with Crippen molar-refractivity contribution in [1.82, 2.24) is 0 Å². The Kier molecular flexibility index (Phi) is 1.80. The van der Waals surface area contributed by atoms with Gasteiger partial charge < -0.3 is 4.43 Å². The van der Waals surface area contributed by atoms with Gasteiger partial charge in [-0.25, -0.2) is 0 Å². The highest BCUT2D eigenvalue weighted by molar-refractivity contribution is 6.43. The lowest BCUT2D eigenvalue weighted by Gasteiger charge is -1.92. The Labute approximate surface area is 50.6 Å². The fourth-order valence-corrected chi connectivity index (χ4v) is 1.54. The van der Waals surface area contributed by atoms with E-state index >= 15 is 0 Å². The molecule has 0 aliphatic rings. The molecule has 0 bridgehead atoms. The van der Waals surface area contributed by atoms with Gasteiger partial charge in [0.2, 0.25) is 0 Å². The minimum absolute atomic E-state index is 0.680. The molecule has 42 valence electrons. The molecule has 2 heteroatoms. The van der Waals surface area contributed by atoms with Crippen molar-refractivity contribution in [2.75, 3.05) is 7.11 Å². The molecule has 0 radical (unpaired) electrons. The van der Waals surface area contributed by atoms with E-state index in [4.69, 9.17) is 4.43 Å². The third-order valence-corrected chi connectivity index (χ3v) is 2.49. The number of rotatable bonds is 1. The van der Waals surface area contributed by atoms with Gasteiger partial charge in [-0.15, -0.1) is 0 Å². The molecule has 0 spiro atoms. The van der Waals surface area contributed by atoms with E-state index in [0.29, 0.717) is 0 Å². The normalized spacial score (nSPS) is 8.62. The Morgan fingerprint density at radius 1 is 1.12 bits per heavy atom. The molecule has 0 fully saturated rings. The summed E-state index contributed by atoms with van der Waals surface area (Å²) in [4.78, 5) is 0. The van der Waals surface area contributed by atoms with Gasteiger partial charge in [-0.2, -0.15) is 0 Å². The smallest absolute Gasteiger partial charge is 0.260 e. The van der Waals surface area contributed by atoms with Crippen molar-refractivity contribution in [1.29, 1.82) is 0 Å². The molecule has 8 heavy (non-hydrogen) atoms. The van der Waals surface area contributed by atoms with Gasteiger partial charge in [0, 0.05) is 0 Å². The fourth-order valence-electron chi connectivity index (χ4n) is 0.557. The Morgan fingerprint density at radius 3 is 2.12 bits per heavy atom. The van der Waals surface area contributed by atoms with Crippen molar-refractivity contribution >= 4 is 8.64 Å². The predicted octanol–water partition coefficient (Wildman–Crippen LogP) is 0.771. The first-order valence-corrected chi connectivity index (χ1v) is 4.09. The van der Waals surface area contributed by atoms with E-state index in [1.807, 2.05) is 18.2 Å². The molecule has 0 saturated carbocycles. The average Bonchev–Trinajstić information content (AvgIpc) is 1.90. The summed E-state index contributed by atoms with van der Waals surface area (Å²) >= 11 is 0. The Morgan fingerprint density at radius 2 is 1.75 bits per heavy atom. The van der Waals surface area contributed by atoms with Crippen LogP contribution in [0.25, 0.3) is 0 Å². The molecule has 0 aliphatic heterocycles. The predicted molar refractivity (Wildman–Crippen MR) is 34.9 cm³/mol. The second-order valence-electron chi connectivity index (χ2n) is 1.52. The lowest BCUT2D eigenvalue weighted by molar-refractivity contribution is 0.522. The van der Waals surface area contributed by atoms with Crippen LogP contribution in [0.4, 0.5) is 0 Å². The monoisotopic (exact) mass is 124 g/mol. The van der Waals surface area contributed by atoms with Crippen LogP contribution >= 0.6 is 0 Å². The van der Waals surface area contributed by atoms with Crippen LogP contribution in [0.2, 0.25) is 0 Å². The Bertz CT molecular complexity index is 150. The van der Waals surface area contributed by atoms with Crippen molar-refractivity contribution < 1.29 is 4.43 Å². The Hall–Kier alpha value is -0.633. The lowest BCUT2D eigenvalue weighted by atomic mass is 10.6. The van der Waals surface area contributed by atoms with E-state index in [9.17, 15) is 0 Å². The van der Waals surface area contributed by atoms with Crippen LogP contribution in [-0.2, 0) is 0 Å². The molecule has 1 heterocycles. The first-order chi connectivity index (χ1) is 3.93. The fraction of sp³-hybridized carbons (Fsp3) is 0.167. The third kappa shape index (κ3) is 1.17. The zero-order valence-electron chi connectivity index (χ0n) is 4.79. The highest BCUT2D eigenvalue weighted by Gasteiger charge is 1.83. The summed E-state index contributed by atoms with van der Waals surface area (Å²) in [6.07, 6.45) is 0. The largest absolute Gasteiger partial charge is 0.550 e. The van der Waals surface area contributed by atoms with E-state index in [1.54, 1.807) is 7.11 Å². The third-order valence-electron chi connectivity index (χ3n) is 0.979. The quantitative estimate of drug-likeness (QED) is 0.502. The minimum atomic E-state index is -0.680. The molecule has 1 aromatic heterocycles. The minimum Gasteiger partial charge on any atom is -0.550 e. The molecule has 1 nitrogen and oxygen atoms in total. The van der Waals surface area contributed by atoms with Crippen molar-refractivity contribution in [3.05, 3.63) is 29.6 Å². The second-order valence-corrected chi connectivity index (χ2v) is 3.40. The number of hydrogen-bond acceptors (Lipinski definition) is 1. The molecule has 0 aromatic carbocycles. The molecule has 0 saturated heterocycles. The number of hydrogen-bond donors (Lipinski definition) is 0. The first-order valence-electron chi connectivity index (χ1n) is 2.52. The zero-order chi connectivity index (χ0) is 5.82. The molecular weight excluding hydrogens is 116 g/mol. The summed E-state index contributed by atoms with van der Waals surface area (Å²) in [7, 11) is 1.06. The van der Waals surface area contributed by atoms with E-state index in [2.05, 4.69) is 11.4 Å². The van der Waals surface area contributed by atoms with Crippen LogP contribution in [-0.4, -0.2) is 15.7 Å². The topological polar surface area (TPSA) is 9.23 Å². The lowest BCUT2D eigenvalue weighted by Crippen LogP contribution is -2.05. The van der Waals surface area contributed by atoms with E-state index < -0.39 is 8.64 Å². The Balaban J connectivity index is 2.83. The molecule has 0 atom stereocenters. The van der Waals surface area contributed by atoms with Gasteiger partial charge in [-0.3, -0.25) is 0 Å². The maximum absolute atomic E-state index is 5.10. The van der Waals surface area contributed by atoms with Gasteiger partial charge in [0.05, 0.1) is 7.11 Å². The van der Waals surface area contributed by atoms with Crippen molar-refractivity contribution in [3.8, 4) is 0 Å². The van der Waals surface area contributed by atoms with Crippen LogP contribution < -0.4 is 4.43 Å². The van der Waals surface area contributed by atoms with Gasteiger partial charge in [-0.05, 0) is 11.4 Å². The first kappa shape index (κ1) is 5.50. The molecule has 0 amide bonds. The van der Waals surface area contributed by atoms with Crippen molar-refractivity contribution in [2.45, 2.75) is 0 Å². The van der Waals surface area contributed by atoms with Gasteiger partial charge in [-0.1, -0.05) is 18.2 Å². The average molecular weight is 124 g/mol. The van der Waals surface area contributed by atoms with Crippen LogP contribution in [0.1, 0.15) is 0 Å². The summed E-state index contributed by atoms with van der Waals surface area (Å²) < 4.78 is 5.10. The molecule has 0 aliphatic carbocycles. The van der Waals surface area contributed by atoms with Crippen LogP contribution in [0.5, 0.6) is 0 Å². The van der Waals surface area contributed by atoms with Crippen LogP contribution in [0.15, 0.2) is 29.6 Å². The SMILES string of the molecule is CO[si]1ccccc1. The van der Waals surface area contributed by atoms with Crippen molar-refractivity contribution in [2.24, 2.45) is 0 Å². The summed E-state index contributed by atoms with van der Waals surface area (Å²) in [6, 6.07) is 6.06. The molecule has 1 rings (SSSR count). The van der Waals surface area contributed by atoms with Gasteiger partial charge in [0.25, 0.3) is 8.64 Å². The molecule has 1 aromatic rings. The summed E-state index contributed by atoms with van der Waals surface area (Å²) in [5, 5.41) is 0. The van der Waals surface area contributed by atoms with E-state index in [0.717, 1.165) is 0 Å². The van der Waals surface area contributed by atoms with Gasteiger partial charge in [0.1, 0.15) is 0 Å². The highest BCUT2D eigenvalue weighted by Crippen LogP contribution is 1.80. The summed E-state index contributed by atoms with van der Waals surface area (Å²) in [5.41, 5.74) is 4.20. The zero-order valence-corrected chi connectivity index (χ0v) is 5.79. The van der Waals surface area contributed by atoms with Crippen LogP contribution in [0, 0.1) is 0 Å². The van der Waals surface area contributed by atoms with Gasteiger partial charge >= 0.3 is 0 Å². The van der Waals surface area contributed by atoms with Crippen LogP contribution in [0.3, 0.4) is 0 Å².